The molecule has 5 heteroatoms. The van der Waals surface area contributed by atoms with E-state index in [0.717, 1.165) is 40.8 Å². The van der Waals surface area contributed by atoms with E-state index in [2.05, 4.69) is 11.4 Å². The van der Waals surface area contributed by atoms with Crippen LogP contribution in [0.15, 0.2) is 72.8 Å². The normalized spacial score (nSPS) is 13.3. The molecular formula is C25H21FN2O2. The van der Waals surface area contributed by atoms with Gasteiger partial charge in [-0.3, -0.25) is 0 Å². The van der Waals surface area contributed by atoms with Crippen LogP contribution >= 0.6 is 0 Å². The average Bonchev–Trinajstić information content (AvgIpc) is 3.61. The molecule has 0 spiro atoms. The topological polar surface area (TPSA) is 43.4 Å². The Labute approximate surface area is 174 Å². The van der Waals surface area contributed by atoms with Crippen LogP contribution in [0.1, 0.15) is 24.3 Å². The van der Waals surface area contributed by atoms with Crippen molar-refractivity contribution in [3.8, 4) is 17.2 Å². The van der Waals surface area contributed by atoms with E-state index in [0.29, 0.717) is 17.4 Å². The molecule has 0 saturated heterocycles. The standard InChI is InChI=1S/C25H21FN2O2/c1-29-18-10-12-24(21(26)15-18)30-19-9-11-23(20(14-19)16-6-7-16)28-25-13-8-17-4-2-3-5-22(17)27-25/h2-5,8-16H,6-7H2,1H3,(H,27,28). The summed E-state index contributed by atoms with van der Waals surface area (Å²) in [7, 11) is 1.51. The lowest BCUT2D eigenvalue weighted by Crippen LogP contribution is -1.98. The maximum absolute atomic E-state index is 14.3. The van der Waals surface area contributed by atoms with Gasteiger partial charge in [0.25, 0.3) is 0 Å². The molecule has 30 heavy (non-hydrogen) atoms. The van der Waals surface area contributed by atoms with Crippen molar-refractivity contribution in [2.24, 2.45) is 0 Å². The SMILES string of the molecule is COc1ccc(Oc2ccc(Nc3ccc4ccccc4n3)c(C3CC3)c2)c(F)c1. The molecule has 1 aromatic heterocycles. The summed E-state index contributed by atoms with van der Waals surface area (Å²) < 4.78 is 25.1. The number of benzene rings is 3. The summed E-state index contributed by atoms with van der Waals surface area (Å²) >= 11 is 0. The van der Waals surface area contributed by atoms with Crippen LogP contribution in [0.25, 0.3) is 10.9 Å². The molecule has 0 amide bonds. The summed E-state index contributed by atoms with van der Waals surface area (Å²) in [6, 6.07) is 22.5. The monoisotopic (exact) mass is 400 g/mol. The van der Waals surface area contributed by atoms with Crippen molar-refractivity contribution in [3.63, 3.8) is 0 Å². The van der Waals surface area contributed by atoms with Gasteiger partial charge in [0.1, 0.15) is 17.3 Å². The zero-order valence-electron chi connectivity index (χ0n) is 16.6. The Bertz CT molecular complexity index is 1220. The fourth-order valence-electron chi connectivity index (χ4n) is 3.54. The number of para-hydroxylation sites is 1. The molecule has 4 nitrogen and oxygen atoms in total. The van der Waals surface area contributed by atoms with Crippen LogP contribution in [-0.4, -0.2) is 12.1 Å². The van der Waals surface area contributed by atoms with Crippen LogP contribution in [0, 0.1) is 5.82 Å². The van der Waals surface area contributed by atoms with Gasteiger partial charge in [-0.15, -0.1) is 0 Å². The van der Waals surface area contributed by atoms with Crippen LogP contribution in [0.2, 0.25) is 0 Å². The largest absolute Gasteiger partial charge is 0.497 e. The average molecular weight is 400 g/mol. The van der Waals surface area contributed by atoms with E-state index >= 15 is 0 Å². The van der Waals surface area contributed by atoms with Crippen LogP contribution in [-0.2, 0) is 0 Å². The first-order valence-electron chi connectivity index (χ1n) is 9.98. The van der Waals surface area contributed by atoms with Gasteiger partial charge < -0.3 is 14.8 Å². The molecule has 1 aliphatic rings. The third kappa shape index (κ3) is 3.79. The van der Waals surface area contributed by atoms with Crippen molar-refractivity contribution in [1.82, 2.24) is 4.98 Å². The lowest BCUT2D eigenvalue weighted by atomic mass is 10.1. The van der Waals surface area contributed by atoms with Gasteiger partial charge in [-0.2, -0.15) is 0 Å². The highest BCUT2D eigenvalue weighted by Gasteiger charge is 2.27. The molecule has 1 fully saturated rings. The molecule has 1 N–H and O–H groups in total. The zero-order valence-corrected chi connectivity index (χ0v) is 16.6. The van der Waals surface area contributed by atoms with Crippen LogP contribution in [0.3, 0.4) is 0 Å². The first-order chi connectivity index (χ1) is 14.7. The van der Waals surface area contributed by atoms with Gasteiger partial charge in [-0.25, -0.2) is 9.37 Å². The second-order valence-corrected chi connectivity index (χ2v) is 7.44. The first-order valence-corrected chi connectivity index (χ1v) is 9.98. The number of fused-ring (bicyclic) bond motifs is 1. The Morgan fingerprint density at radius 3 is 2.57 bits per heavy atom. The molecule has 0 bridgehead atoms. The van der Waals surface area contributed by atoms with Crippen molar-refractivity contribution in [3.05, 3.63) is 84.2 Å². The molecule has 150 valence electrons. The van der Waals surface area contributed by atoms with E-state index in [1.54, 1.807) is 12.1 Å². The summed E-state index contributed by atoms with van der Waals surface area (Å²) in [6.07, 6.45) is 2.28. The predicted molar refractivity (Wildman–Crippen MR) is 116 cm³/mol. The van der Waals surface area contributed by atoms with E-state index in [1.807, 2.05) is 48.5 Å². The van der Waals surface area contributed by atoms with Gasteiger partial charge in [0.05, 0.1) is 12.6 Å². The van der Waals surface area contributed by atoms with E-state index < -0.39 is 5.82 Å². The molecule has 0 aliphatic heterocycles. The smallest absolute Gasteiger partial charge is 0.169 e. The second-order valence-electron chi connectivity index (χ2n) is 7.44. The summed E-state index contributed by atoms with van der Waals surface area (Å²) in [6.45, 7) is 0. The molecule has 5 rings (SSSR count). The molecule has 1 aliphatic carbocycles. The van der Waals surface area contributed by atoms with Gasteiger partial charge in [0.2, 0.25) is 0 Å². The Kier molecular flexibility index (Phi) is 4.71. The maximum Gasteiger partial charge on any atom is 0.169 e. The Hall–Kier alpha value is -3.60. The third-order valence-electron chi connectivity index (χ3n) is 5.27. The summed E-state index contributed by atoms with van der Waals surface area (Å²) in [5.74, 6) is 2.07. The molecule has 3 aromatic carbocycles. The summed E-state index contributed by atoms with van der Waals surface area (Å²) in [5.41, 5.74) is 3.12. The number of pyridine rings is 1. The molecule has 0 radical (unpaired) electrons. The minimum Gasteiger partial charge on any atom is -0.497 e. The number of methoxy groups -OCH3 is 1. The molecule has 1 heterocycles. The van der Waals surface area contributed by atoms with E-state index in [1.165, 1.54) is 13.2 Å². The number of nitrogens with one attached hydrogen (secondary N) is 1. The van der Waals surface area contributed by atoms with Gasteiger partial charge in [-0.1, -0.05) is 18.2 Å². The van der Waals surface area contributed by atoms with Crippen LogP contribution < -0.4 is 14.8 Å². The summed E-state index contributed by atoms with van der Waals surface area (Å²) in [5, 5.41) is 4.55. The maximum atomic E-state index is 14.3. The van der Waals surface area contributed by atoms with E-state index in [-0.39, 0.29) is 5.75 Å². The minimum atomic E-state index is -0.454. The number of hydrogen-bond donors (Lipinski definition) is 1. The van der Waals surface area contributed by atoms with Crippen molar-refractivity contribution < 1.29 is 13.9 Å². The Morgan fingerprint density at radius 1 is 0.933 bits per heavy atom. The molecule has 0 unspecified atom stereocenters. The number of aromatic nitrogens is 1. The highest BCUT2D eigenvalue weighted by atomic mass is 19.1. The number of rotatable bonds is 6. The van der Waals surface area contributed by atoms with Crippen molar-refractivity contribution >= 4 is 22.4 Å². The van der Waals surface area contributed by atoms with Crippen molar-refractivity contribution in [2.75, 3.05) is 12.4 Å². The Morgan fingerprint density at radius 2 is 1.77 bits per heavy atom. The second kappa shape index (κ2) is 7.67. The van der Waals surface area contributed by atoms with Crippen LogP contribution in [0.5, 0.6) is 17.2 Å². The van der Waals surface area contributed by atoms with Gasteiger partial charge in [0.15, 0.2) is 11.6 Å². The highest BCUT2D eigenvalue weighted by molar-refractivity contribution is 5.81. The molecule has 4 aromatic rings. The van der Waals surface area contributed by atoms with Crippen LogP contribution in [0.4, 0.5) is 15.9 Å². The number of nitrogens with zero attached hydrogens (tertiary/aromatic N) is 1. The van der Waals surface area contributed by atoms with E-state index in [9.17, 15) is 4.39 Å². The minimum absolute atomic E-state index is 0.175. The predicted octanol–water partition coefficient (Wildman–Crippen LogP) is 6.80. The van der Waals surface area contributed by atoms with Crippen molar-refractivity contribution in [1.29, 1.82) is 0 Å². The van der Waals surface area contributed by atoms with E-state index in [4.69, 9.17) is 14.5 Å². The Balaban J connectivity index is 1.42. The molecule has 0 atom stereocenters. The first kappa shape index (κ1) is 18.4. The molecule has 1 saturated carbocycles. The molecular weight excluding hydrogens is 379 g/mol. The lowest BCUT2D eigenvalue weighted by Gasteiger charge is -2.14. The fraction of sp³-hybridized carbons (Fsp3) is 0.160. The summed E-state index contributed by atoms with van der Waals surface area (Å²) in [4.78, 5) is 4.71. The van der Waals surface area contributed by atoms with Gasteiger partial charge in [0, 0.05) is 17.1 Å². The lowest BCUT2D eigenvalue weighted by molar-refractivity contribution is 0.402. The number of hydrogen-bond acceptors (Lipinski definition) is 4. The fourth-order valence-corrected chi connectivity index (χ4v) is 3.54. The van der Waals surface area contributed by atoms with Gasteiger partial charge >= 0.3 is 0 Å². The number of anilines is 2. The number of ether oxygens (including phenoxy) is 2. The quantitative estimate of drug-likeness (QED) is 0.387. The van der Waals surface area contributed by atoms with Crippen molar-refractivity contribution in [2.45, 2.75) is 18.8 Å². The third-order valence-corrected chi connectivity index (χ3v) is 5.27. The number of halogens is 1. The van der Waals surface area contributed by atoms with Gasteiger partial charge in [-0.05, 0) is 72.9 Å². The highest BCUT2D eigenvalue weighted by Crippen LogP contribution is 2.45. The zero-order chi connectivity index (χ0) is 20.5.